The molecule has 2 rings (SSSR count). The Morgan fingerprint density at radius 3 is 2.82 bits per heavy atom. The quantitative estimate of drug-likeness (QED) is 0.735. The number of methoxy groups -OCH3 is 1. The molecule has 0 bridgehead atoms. The monoisotopic (exact) mass is 299 g/mol. The highest BCUT2D eigenvalue weighted by Gasteiger charge is 2.07. The molecule has 0 fully saturated rings. The van der Waals surface area contributed by atoms with Crippen molar-refractivity contribution in [3.8, 4) is 0 Å². The van der Waals surface area contributed by atoms with Crippen LogP contribution in [0.5, 0.6) is 0 Å². The number of nitrogens with zero attached hydrogens (tertiary/aromatic N) is 1. The van der Waals surface area contributed by atoms with Crippen LogP contribution in [0.2, 0.25) is 0 Å². The van der Waals surface area contributed by atoms with Gasteiger partial charge in [0.25, 0.3) is 5.91 Å². The van der Waals surface area contributed by atoms with Crippen molar-refractivity contribution in [3.63, 3.8) is 0 Å². The summed E-state index contributed by atoms with van der Waals surface area (Å²) < 4.78 is 5.00. The highest BCUT2D eigenvalue weighted by atomic mass is 16.5. The molecule has 22 heavy (non-hydrogen) atoms. The molecule has 0 spiro atoms. The second-order valence-corrected chi connectivity index (χ2v) is 4.87. The topological polar surface area (TPSA) is 63.2 Å². The molecule has 0 aliphatic carbocycles. The minimum Gasteiger partial charge on any atom is -0.385 e. The summed E-state index contributed by atoms with van der Waals surface area (Å²) in [5, 5.41) is 6.12. The Morgan fingerprint density at radius 2 is 2.05 bits per heavy atom. The summed E-state index contributed by atoms with van der Waals surface area (Å²) in [6.07, 6.45) is 2.55. The van der Waals surface area contributed by atoms with E-state index in [0.717, 1.165) is 24.2 Å². The van der Waals surface area contributed by atoms with Crippen molar-refractivity contribution in [2.24, 2.45) is 0 Å². The molecule has 0 radical (unpaired) electrons. The first-order valence-electron chi connectivity index (χ1n) is 7.30. The average Bonchev–Trinajstić information content (AvgIpc) is 2.58. The maximum Gasteiger partial charge on any atom is 0.270 e. The Hall–Kier alpha value is -2.40. The summed E-state index contributed by atoms with van der Waals surface area (Å²) in [5.74, 6) is -0.176. The van der Waals surface area contributed by atoms with Crippen LogP contribution in [0, 0.1) is 0 Å². The summed E-state index contributed by atoms with van der Waals surface area (Å²) in [6, 6.07) is 13.4. The van der Waals surface area contributed by atoms with Gasteiger partial charge in [-0.05, 0) is 24.1 Å². The van der Waals surface area contributed by atoms with Crippen LogP contribution in [-0.4, -0.2) is 31.2 Å². The van der Waals surface area contributed by atoms with E-state index in [1.54, 1.807) is 19.4 Å². The normalized spacial score (nSPS) is 10.2. The summed E-state index contributed by atoms with van der Waals surface area (Å²) in [5.41, 5.74) is 2.35. The van der Waals surface area contributed by atoms with Gasteiger partial charge >= 0.3 is 0 Å². The third kappa shape index (κ3) is 5.18. The standard InChI is InChI=1S/C17H21N3O2/c1-22-11-5-9-18-15-8-10-19-16(12-15)17(21)20-13-14-6-3-2-4-7-14/h2-4,6-8,10,12H,5,9,11,13H2,1H3,(H,18,19)(H,20,21). The smallest absolute Gasteiger partial charge is 0.270 e. The van der Waals surface area contributed by atoms with Crippen LogP contribution in [-0.2, 0) is 11.3 Å². The molecule has 0 saturated carbocycles. The molecule has 2 aromatic rings. The molecule has 2 N–H and O–H groups in total. The molecule has 1 heterocycles. The van der Waals surface area contributed by atoms with Gasteiger partial charge in [-0.25, -0.2) is 0 Å². The van der Waals surface area contributed by atoms with Gasteiger partial charge in [0.05, 0.1) is 0 Å². The van der Waals surface area contributed by atoms with Crippen molar-refractivity contribution in [2.75, 3.05) is 25.6 Å². The third-order valence-electron chi connectivity index (χ3n) is 3.14. The average molecular weight is 299 g/mol. The van der Waals surface area contributed by atoms with Crippen LogP contribution in [0.3, 0.4) is 0 Å². The second-order valence-electron chi connectivity index (χ2n) is 4.87. The first-order chi connectivity index (χ1) is 10.8. The van der Waals surface area contributed by atoms with Gasteiger partial charge in [0, 0.05) is 38.7 Å². The maximum atomic E-state index is 12.1. The number of pyridine rings is 1. The van der Waals surface area contributed by atoms with Crippen molar-refractivity contribution in [2.45, 2.75) is 13.0 Å². The molecule has 0 aliphatic heterocycles. The molecule has 116 valence electrons. The molecule has 0 unspecified atom stereocenters. The molecular formula is C17H21N3O2. The van der Waals surface area contributed by atoms with Gasteiger partial charge in [0.15, 0.2) is 0 Å². The summed E-state index contributed by atoms with van der Waals surface area (Å²) >= 11 is 0. The summed E-state index contributed by atoms with van der Waals surface area (Å²) in [7, 11) is 1.68. The fraction of sp³-hybridized carbons (Fsp3) is 0.294. The second kappa shape index (κ2) is 8.79. The SMILES string of the molecule is COCCCNc1ccnc(C(=O)NCc2ccccc2)c1. The van der Waals surface area contributed by atoms with Gasteiger partial charge in [-0.1, -0.05) is 30.3 Å². The number of aromatic nitrogens is 1. The molecular weight excluding hydrogens is 278 g/mol. The van der Waals surface area contributed by atoms with Crippen LogP contribution in [0.1, 0.15) is 22.5 Å². The lowest BCUT2D eigenvalue weighted by molar-refractivity contribution is 0.0946. The Morgan fingerprint density at radius 1 is 1.23 bits per heavy atom. The third-order valence-corrected chi connectivity index (χ3v) is 3.14. The maximum absolute atomic E-state index is 12.1. The first-order valence-corrected chi connectivity index (χ1v) is 7.30. The minimum absolute atomic E-state index is 0.176. The lowest BCUT2D eigenvalue weighted by Crippen LogP contribution is -2.23. The largest absolute Gasteiger partial charge is 0.385 e. The van der Waals surface area contributed by atoms with Crippen LogP contribution in [0.15, 0.2) is 48.7 Å². The first kappa shape index (κ1) is 16.0. The summed E-state index contributed by atoms with van der Waals surface area (Å²) in [6.45, 7) is 2.00. The van der Waals surface area contributed by atoms with Crippen molar-refractivity contribution in [3.05, 3.63) is 59.9 Å². The molecule has 5 heteroatoms. The predicted molar refractivity (Wildman–Crippen MR) is 86.8 cm³/mol. The van der Waals surface area contributed by atoms with Crippen molar-refractivity contribution in [1.29, 1.82) is 0 Å². The zero-order chi connectivity index (χ0) is 15.6. The number of benzene rings is 1. The van der Waals surface area contributed by atoms with Crippen LogP contribution >= 0.6 is 0 Å². The van der Waals surface area contributed by atoms with Gasteiger partial charge in [0.1, 0.15) is 5.69 Å². The van der Waals surface area contributed by atoms with Crippen molar-refractivity contribution >= 4 is 11.6 Å². The number of ether oxygens (including phenoxy) is 1. The number of anilines is 1. The Balaban J connectivity index is 1.86. The number of rotatable bonds is 8. The van der Waals surface area contributed by atoms with E-state index in [9.17, 15) is 4.79 Å². The number of nitrogens with one attached hydrogen (secondary N) is 2. The molecule has 1 aromatic carbocycles. The van der Waals surface area contributed by atoms with Crippen molar-refractivity contribution < 1.29 is 9.53 Å². The number of carbonyl (C=O) groups is 1. The van der Waals surface area contributed by atoms with Crippen LogP contribution < -0.4 is 10.6 Å². The van der Waals surface area contributed by atoms with Gasteiger partial charge in [0.2, 0.25) is 0 Å². The lowest BCUT2D eigenvalue weighted by Gasteiger charge is -2.08. The number of amides is 1. The molecule has 5 nitrogen and oxygen atoms in total. The molecule has 1 amide bonds. The fourth-order valence-electron chi connectivity index (χ4n) is 1.98. The van der Waals surface area contributed by atoms with E-state index < -0.39 is 0 Å². The Bertz CT molecular complexity index is 587. The molecule has 1 aromatic heterocycles. The highest BCUT2D eigenvalue weighted by Crippen LogP contribution is 2.08. The van der Waals surface area contributed by atoms with Gasteiger partial charge in [-0.2, -0.15) is 0 Å². The number of hydrogen-bond donors (Lipinski definition) is 2. The number of carbonyl (C=O) groups excluding carboxylic acids is 1. The van der Waals surface area contributed by atoms with Crippen LogP contribution in [0.25, 0.3) is 0 Å². The predicted octanol–water partition coefficient (Wildman–Crippen LogP) is 2.46. The highest BCUT2D eigenvalue weighted by molar-refractivity contribution is 5.93. The van der Waals surface area contributed by atoms with E-state index in [2.05, 4.69) is 15.6 Å². The minimum atomic E-state index is -0.176. The van der Waals surface area contributed by atoms with Gasteiger partial charge in [-0.3, -0.25) is 9.78 Å². The van der Waals surface area contributed by atoms with Crippen LogP contribution in [0.4, 0.5) is 5.69 Å². The Kier molecular flexibility index (Phi) is 6.39. The van der Waals surface area contributed by atoms with E-state index in [-0.39, 0.29) is 5.91 Å². The Labute approximate surface area is 130 Å². The number of hydrogen-bond acceptors (Lipinski definition) is 4. The van der Waals surface area contributed by atoms with Gasteiger partial charge < -0.3 is 15.4 Å². The molecule has 0 atom stereocenters. The zero-order valence-electron chi connectivity index (χ0n) is 12.7. The van der Waals surface area contributed by atoms with Crippen molar-refractivity contribution in [1.82, 2.24) is 10.3 Å². The van der Waals surface area contributed by atoms with E-state index in [1.165, 1.54) is 0 Å². The lowest BCUT2D eigenvalue weighted by atomic mass is 10.2. The molecule has 0 saturated heterocycles. The van der Waals surface area contributed by atoms with E-state index >= 15 is 0 Å². The zero-order valence-corrected chi connectivity index (χ0v) is 12.7. The van der Waals surface area contributed by atoms with E-state index in [4.69, 9.17) is 4.74 Å². The molecule has 0 aliphatic rings. The van der Waals surface area contributed by atoms with E-state index in [0.29, 0.717) is 18.8 Å². The summed E-state index contributed by atoms with van der Waals surface area (Å²) in [4.78, 5) is 16.2. The van der Waals surface area contributed by atoms with Gasteiger partial charge in [-0.15, -0.1) is 0 Å². The van der Waals surface area contributed by atoms with E-state index in [1.807, 2.05) is 36.4 Å². The fourth-order valence-corrected chi connectivity index (χ4v) is 1.98.